The molecule has 21 heavy (non-hydrogen) atoms. The lowest BCUT2D eigenvalue weighted by Gasteiger charge is -2.11. The second-order valence-electron chi connectivity index (χ2n) is 4.91. The molecule has 2 aromatic heterocycles. The fourth-order valence-electron chi connectivity index (χ4n) is 2.24. The molecule has 0 bridgehead atoms. The topological polar surface area (TPSA) is 72.7 Å². The van der Waals surface area contributed by atoms with Crippen LogP contribution in [0.25, 0.3) is 0 Å². The predicted octanol–water partition coefficient (Wildman–Crippen LogP) is 1.74. The molecule has 0 saturated carbocycles. The van der Waals surface area contributed by atoms with Crippen LogP contribution in [-0.2, 0) is 17.8 Å². The van der Waals surface area contributed by atoms with Gasteiger partial charge in [-0.25, -0.2) is 4.68 Å². The maximum Gasteiger partial charge on any atom is 0.233 e. The van der Waals surface area contributed by atoms with E-state index in [1.807, 2.05) is 6.07 Å². The van der Waals surface area contributed by atoms with E-state index in [-0.39, 0.29) is 11.2 Å². The van der Waals surface area contributed by atoms with Crippen LogP contribution in [0.5, 0.6) is 0 Å². The fourth-order valence-corrected chi connectivity index (χ4v) is 4.00. The molecule has 1 amide bonds. The van der Waals surface area contributed by atoms with Gasteiger partial charge < -0.3 is 5.32 Å². The number of nitrogens with zero attached hydrogens (tertiary/aromatic N) is 4. The number of rotatable bonds is 5. The van der Waals surface area contributed by atoms with Crippen molar-refractivity contribution in [1.29, 1.82) is 0 Å². The molecule has 2 aromatic rings. The Labute approximate surface area is 131 Å². The summed E-state index contributed by atoms with van der Waals surface area (Å²) in [5.41, 5.74) is 0. The fraction of sp³-hybridized carbons (Fsp3) is 0.538. The second kappa shape index (κ2) is 7.04. The van der Waals surface area contributed by atoms with Gasteiger partial charge in [0.2, 0.25) is 11.1 Å². The Hall–Kier alpha value is -1.41. The van der Waals surface area contributed by atoms with Gasteiger partial charge in [-0.2, -0.15) is 0 Å². The first-order valence-electron chi connectivity index (χ1n) is 7.06. The molecular formula is C13H17N5OS2. The minimum absolute atomic E-state index is 0.0843. The van der Waals surface area contributed by atoms with Crippen molar-refractivity contribution in [1.82, 2.24) is 25.5 Å². The molecule has 1 N–H and O–H groups in total. The lowest BCUT2D eigenvalue weighted by molar-refractivity contribution is -0.120. The number of aryl methyl sites for hydroxylation is 2. The maximum atomic E-state index is 12.0. The number of hydrogen-bond acceptors (Lipinski definition) is 6. The first-order chi connectivity index (χ1) is 10.3. The highest BCUT2D eigenvalue weighted by Gasteiger charge is 2.24. The van der Waals surface area contributed by atoms with E-state index < -0.39 is 0 Å². The molecule has 1 atom stereocenters. The number of amides is 1. The number of tetrazole rings is 1. The summed E-state index contributed by atoms with van der Waals surface area (Å²) in [7, 11) is 0. The van der Waals surface area contributed by atoms with Gasteiger partial charge in [0.25, 0.3) is 0 Å². The third kappa shape index (κ3) is 3.82. The van der Waals surface area contributed by atoms with Crippen molar-refractivity contribution in [2.75, 3.05) is 6.54 Å². The molecule has 1 fully saturated rings. The first-order valence-corrected chi connectivity index (χ1v) is 8.82. The zero-order chi connectivity index (χ0) is 14.5. The van der Waals surface area contributed by atoms with E-state index in [0.29, 0.717) is 0 Å². The van der Waals surface area contributed by atoms with Gasteiger partial charge in [-0.05, 0) is 34.7 Å². The highest BCUT2D eigenvalue weighted by Crippen LogP contribution is 2.26. The second-order valence-corrected chi connectivity index (χ2v) is 7.11. The monoisotopic (exact) mass is 323 g/mol. The average molecular weight is 323 g/mol. The van der Waals surface area contributed by atoms with Gasteiger partial charge in [-0.3, -0.25) is 4.79 Å². The number of carbonyl (C=O) groups excluding carboxylic acids is 1. The molecule has 0 unspecified atom stereocenters. The van der Waals surface area contributed by atoms with Crippen molar-refractivity contribution in [3.63, 3.8) is 0 Å². The molecule has 0 radical (unpaired) electrons. The van der Waals surface area contributed by atoms with E-state index in [1.54, 1.807) is 16.0 Å². The summed E-state index contributed by atoms with van der Waals surface area (Å²) in [4.78, 5) is 13.3. The average Bonchev–Trinajstić information content (AvgIpc) is 3.10. The molecule has 1 saturated heterocycles. The smallest absolute Gasteiger partial charge is 0.233 e. The van der Waals surface area contributed by atoms with Crippen molar-refractivity contribution in [3.05, 3.63) is 22.4 Å². The van der Waals surface area contributed by atoms with Crippen molar-refractivity contribution >= 4 is 29.0 Å². The van der Waals surface area contributed by atoms with Gasteiger partial charge in [-0.1, -0.05) is 24.2 Å². The summed E-state index contributed by atoms with van der Waals surface area (Å²) < 4.78 is 1.79. The number of thiophene rings is 1. The number of carbonyl (C=O) groups is 1. The van der Waals surface area contributed by atoms with Crippen molar-refractivity contribution < 1.29 is 4.79 Å². The van der Waals surface area contributed by atoms with Crippen LogP contribution in [-0.4, -0.2) is 37.9 Å². The standard InChI is InChI=1S/C13H17N5OS2/c19-12-11(5-1-2-7-14-12)21-13-15-16-17-18(13)8-6-10-4-3-9-20-10/h3-4,9,11H,1-2,5-8H2,(H,14,19)/t11-/m0/s1. The predicted molar refractivity (Wildman–Crippen MR) is 82.3 cm³/mol. The number of thioether (sulfide) groups is 1. The largest absolute Gasteiger partial charge is 0.355 e. The van der Waals surface area contributed by atoms with E-state index in [0.717, 1.165) is 43.9 Å². The molecule has 3 rings (SSSR count). The van der Waals surface area contributed by atoms with Gasteiger partial charge >= 0.3 is 0 Å². The van der Waals surface area contributed by atoms with Crippen molar-refractivity contribution in [3.8, 4) is 0 Å². The SMILES string of the molecule is O=C1NCCCC[C@@H]1Sc1nnnn1CCc1cccs1. The number of nitrogens with one attached hydrogen (secondary N) is 1. The first kappa shape index (κ1) is 14.5. The number of aromatic nitrogens is 4. The molecule has 0 spiro atoms. The summed E-state index contributed by atoms with van der Waals surface area (Å²) in [6.07, 6.45) is 3.90. The highest BCUT2D eigenvalue weighted by atomic mass is 32.2. The molecule has 8 heteroatoms. The Morgan fingerprint density at radius 1 is 1.48 bits per heavy atom. The molecule has 6 nitrogen and oxygen atoms in total. The Morgan fingerprint density at radius 3 is 3.29 bits per heavy atom. The van der Waals surface area contributed by atoms with Crippen molar-refractivity contribution in [2.45, 2.75) is 42.6 Å². The summed E-state index contributed by atoms with van der Waals surface area (Å²) in [6, 6.07) is 4.16. The van der Waals surface area contributed by atoms with Crippen LogP contribution < -0.4 is 5.32 Å². The van der Waals surface area contributed by atoms with E-state index in [2.05, 4.69) is 32.3 Å². The molecule has 1 aliphatic rings. The van der Waals surface area contributed by atoms with Crippen LogP contribution in [0.4, 0.5) is 0 Å². The van der Waals surface area contributed by atoms with E-state index in [9.17, 15) is 4.79 Å². The summed E-state index contributed by atoms with van der Waals surface area (Å²) in [5, 5.41) is 17.5. The molecule has 0 aliphatic carbocycles. The lowest BCUT2D eigenvalue weighted by atomic mass is 10.2. The Morgan fingerprint density at radius 2 is 2.43 bits per heavy atom. The number of hydrogen-bond donors (Lipinski definition) is 1. The molecule has 112 valence electrons. The molecule has 1 aliphatic heterocycles. The normalized spacial score (nSPS) is 19.2. The van der Waals surface area contributed by atoms with Gasteiger partial charge in [0.1, 0.15) is 0 Å². The highest BCUT2D eigenvalue weighted by molar-refractivity contribution is 8.00. The quantitative estimate of drug-likeness (QED) is 0.907. The maximum absolute atomic E-state index is 12.0. The third-order valence-corrected chi connectivity index (χ3v) is 5.56. The minimum atomic E-state index is -0.0843. The molecule has 3 heterocycles. The van der Waals surface area contributed by atoms with Gasteiger partial charge in [0.15, 0.2) is 0 Å². The van der Waals surface area contributed by atoms with Gasteiger partial charge in [0.05, 0.1) is 11.8 Å². The van der Waals surface area contributed by atoms with Gasteiger partial charge in [-0.15, -0.1) is 16.4 Å². The lowest BCUT2D eigenvalue weighted by Crippen LogP contribution is -2.30. The Kier molecular flexibility index (Phi) is 4.87. The Balaban J connectivity index is 1.63. The van der Waals surface area contributed by atoms with Crippen LogP contribution in [0.2, 0.25) is 0 Å². The molecule has 0 aromatic carbocycles. The van der Waals surface area contributed by atoms with Crippen molar-refractivity contribution in [2.24, 2.45) is 0 Å². The van der Waals surface area contributed by atoms with Crippen LogP contribution >= 0.6 is 23.1 Å². The third-order valence-electron chi connectivity index (χ3n) is 3.38. The van der Waals surface area contributed by atoms with E-state index in [1.165, 1.54) is 16.6 Å². The van der Waals surface area contributed by atoms with Crippen LogP contribution in [0.15, 0.2) is 22.7 Å². The van der Waals surface area contributed by atoms with E-state index in [4.69, 9.17) is 0 Å². The molecular weight excluding hydrogens is 306 g/mol. The van der Waals surface area contributed by atoms with E-state index >= 15 is 0 Å². The van der Waals surface area contributed by atoms with Crippen LogP contribution in [0, 0.1) is 0 Å². The van der Waals surface area contributed by atoms with Gasteiger partial charge in [0, 0.05) is 17.8 Å². The summed E-state index contributed by atoms with van der Waals surface area (Å²) in [6.45, 7) is 1.52. The van der Waals surface area contributed by atoms with Crippen LogP contribution in [0.1, 0.15) is 24.1 Å². The van der Waals surface area contributed by atoms with Crippen LogP contribution in [0.3, 0.4) is 0 Å². The zero-order valence-electron chi connectivity index (χ0n) is 11.6. The zero-order valence-corrected chi connectivity index (χ0v) is 13.2. The summed E-state index contributed by atoms with van der Waals surface area (Å²) >= 11 is 3.21. The Bertz CT molecular complexity index is 583. The minimum Gasteiger partial charge on any atom is -0.355 e. The summed E-state index contributed by atoms with van der Waals surface area (Å²) in [5.74, 6) is 0.102.